The minimum absolute atomic E-state index is 0.119. The highest BCUT2D eigenvalue weighted by atomic mass is 32.1. The van der Waals surface area contributed by atoms with Crippen molar-refractivity contribution in [3.05, 3.63) is 35.1 Å². The lowest BCUT2D eigenvalue weighted by atomic mass is 10.2. The van der Waals surface area contributed by atoms with E-state index < -0.39 is 24.1 Å². The van der Waals surface area contributed by atoms with Crippen molar-refractivity contribution in [3.63, 3.8) is 0 Å². The number of cyclic esters (lactones) is 1. The SMILES string of the molecule is CCc1csc(-c2ccc(N3C[C@H](CNC(=O)OC)OC3=O)cc2F)n1. The number of anilines is 1. The Morgan fingerprint density at radius 2 is 2.35 bits per heavy atom. The predicted molar refractivity (Wildman–Crippen MR) is 94.9 cm³/mol. The van der Waals surface area contributed by atoms with E-state index in [0.29, 0.717) is 16.3 Å². The molecular formula is C17H18FN3O4S. The van der Waals surface area contributed by atoms with Gasteiger partial charge in [0.05, 0.1) is 31.6 Å². The Morgan fingerprint density at radius 1 is 1.54 bits per heavy atom. The molecule has 1 aliphatic rings. The number of hydrogen-bond acceptors (Lipinski definition) is 6. The van der Waals surface area contributed by atoms with Crippen molar-refractivity contribution in [2.24, 2.45) is 0 Å². The number of ether oxygens (including phenoxy) is 2. The summed E-state index contributed by atoms with van der Waals surface area (Å²) in [5.74, 6) is -0.455. The largest absolute Gasteiger partial charge is 0.453 e. The summed E-state index contributed by atoms with van der Waals surface area (Å²) in [6.45, 7) is 2.32. The van der Waals surface area contributed by atoms with E-state index in [9.17, 15) is 14.0 Å². The lowest BCUT2D eigenvalue weighted by Gasteiger charge is -2.14. The van der Waals surface area contributed by atoms with Crippen LogP contribution in [0.3, 0.4) is 0 Å². The Morgan fingerprint density at radius 3 is 3.00 bits per heavy atom. The van der Waals surface area contributed by atoms with Gasteiger partial charge in [0.25, 0.3) is 0 Å². The maximum Gasteiger partial charge on any atom is 0.414 e. The van der Waals surface area contributed by atoms with Crippen LogP contribution in [0.25, 0.3) is 10.6 Å². The molecule has 138 valence electrons. The van der Waals surface area contributed by atoms with Crippen LogP contribution in [0.2, 0.25) is 0 Å². The number of aryl methyl sites for hydroxylation is 1. The van der Waals surface area contributed by atoms with E-state index in [4.69, 9.17) is 4.74 Å². The van der Waals surface area contributed by atoms with Crippen molar-refractivity contribution in [1.82, 2.24) is 10.3 Å². The number of halogens is 1. The molecule has 1 N–H and O–H groups in total. The van der Waals surface area contributed by atoms with E-state index in [1.165, 1.54) is 29.4 Å². The van der Waals surface area contributed by atoms with Crippen molar-refractivity contribution in [2.75, 3.05) is 25.1 Å². The molecule has 0 spiro atoms. The van der Waals surface area contributed by atoms with Gasteiger partial charge < -0.3 is 14.8 Å². The van der Waals surface area contributed by atoms with Crippen LogP contribution in [0.15, 0.2) is 23.6 Å². The second kappa shape index (κ2) is 7.69. The summed E-state index contributed by atoms with van der Waals surface area (Å²) in [6.07, 6.45) is -0.937. The first-order chi connectivity index (χ1) is 12.5. The Balaban J connectivity index is 1.72. The Bertz CT molecular complexity index is 826. The fourth-order valence-electron chi connectivity index (χ4n) is 2.55. The van der Waals surface area contributed by atoms with Gasteiger partial charge in [-0.25, -0.2) is 19.0 Å². The highest BCUT2D eigenvalue weighted by Gasteiger charge is 2.33. The molecular weight excluding hydrogens is 361 g/mol. The third kappa shape index (κ3) is 3.77. The first kappa shape index (κ1) is 18.1. The third-order valence-corrected chi connectivity index (χ3v) is 4.87. The van der Waals surface area contributed by atoms with Crippen molar-refractivity contribution in [1.29, 1.82) is 0 Å². The quantitative estimate of drug-likeness (QED) is 0.863. The molecule has 3 rings (SSSR count). The molecule has 1 aliphatic heterocycles. The minimum atomic E-state index is -0.607. The van der Waals surface area contributed by atoms with Crippen LogP contribution in [0.5, 0.6) is 0 Å². The molecule has 1 fully saturated rings. The second-order valence-corrected chi connectivity index (χ2v) is 6.51. The summed E-state index contributed by atoms with van der Waals surface area (Å²) < 4.78 is 24.2. The number of nitrogens with zero attached hydrogens (tertiary/aromatic N) is 2. The van der Waals surface area contributed by atoms with Crippen molar-refractivity contribution < 1.29 is 23.5 Å². The smallest absolute Gasteiger partial charge is 0.414 e. The molecule has 1 atom stereocenters. The van der Waals surface area contributed by atoms with Gasteiger partial charge in [-0.1, -0.05) is 6.92 Å². The summed E-state index contributed by atoms with van der Waals surface area (Å²) in [5.41, 5.74) is 1.71. The number of benzene rings is 1. The van der Waals surface area contributed by atoms with Crippen LogP contribution in [0.1, 0.15) is 12.6 Å². The first-order valence-electron chi connectivity index (χ1n) is 8.06. The molecule has 1 aromatic heterocycles. The molecule has 1 aromatic carbocycles. The molecule has 1 saturated heterocycles. The Labute approximate surface area is 153 Å². The van der Waals surface area contributed by atoms with Gasteiger partial charge in [-0.3, -0.25) is 4.90 Å². The monoisotopic (exact) mass is 379 g/mol. The van der Waals surface area contributed by atoms with Crippen molar-refractivity contribution in [2.45, 2.75) is 19.4 Å². The minimum Gasteiger partial charge on any atom is -0.453 e. The zero-order valence-corrected chi connectivity index (χ0v) is 15.1. The van der Waals surface area contributed by atoms with Crippen LogP contribution in [-0.2, 0) is 15.9 Å². The molecule has 2 aromatic rings. The molecule has 0 saturated carbocycles. The van der Waals surface area contributed by atoms with E-state index in [0.717, 1.165) is 12.1 Å². The maximum atomic E-state index is 14.5. The normalized spacial score (nSPS) is 16.5. The van der Waals surface area contributed by atoms with Gasteiger partial charge in [0.15, 0.2) is 0 Å². The highest BCUT2D eigenvalue weighted by molar-refractivity contribution is 7.13. The van der Waals surface area contributed by atoms with Crippen molar-refractivity contribution >= 4 is 29.2 Å². The molecule has 2 amide bonds. The second-order valence-electron chi connectivity index (χ2n) is 5.65. The number of rotatable bonds is 5. The van der Waals surface area contributed by atoms with Crippen LogP contribution in [-0.4, -0.2) is 43.5 Å². The molecule has 26 heavy (non-hydrogen) atoms. The zero-order chi connectivity index (χ0) is 18.7. The van der Waals surface area contributed by atoms with Crippen LogP contribution >= 0.6 is 11.3 Å². The molecule has 0 radical (unpaired) electrons. The summed E-state index contributed by atoms with van der Waals surface area (Å²) >= 11 is 1.38. The number of amides is 2. The molecule has 9 heteroatoms. The van der Waals surface area contributed by atoms with Gasteiger partial charge in [-0.05, 0) is 24.6 Å². The topological polar surface area (TPSA) is 80.8 Å². The fraction of sp³-hybridized carbons (Fsp3) is 0.353. The summed E-state index contributed by atoms with van der Waals surface area (Å²) in [5, 5.41) is 4.98. The van der Waals surface area contributed by atoms with Crippen LogP contribution in [0.4, 0.5) is 19.7 Å². The van der Waals surface area contributed by atoms with Gasteiger partial charge >= 0.3 is 12.2 Å². The van der Waals surface area contributed by atoms with Gasteiger partial charge in [-0.2, -0.15) is 0 Å². The predicted octanol–water partition coefficient (Wildman–Crippen LogP) is 3.19. The maximum absolute atomic E-state index is 14.5. The van der Waals surface area contributed by atoms with Gasteiger partial charge in [-0.15, -0.1) is 11.3 Å². The average molecular weight is 379 g/mol. The average Bonchev–Trinajstić information content (AvgIpc) is 3.26. The van der Waals surface area contributed by atoms with Crippen LogP contribution < -0.4 is 10.2 Å². The highest BCUT2D eigenvalue weighted by Crippen LogP contribution is 2.30. The number of thiazole rings is 1. The number of carbonyl (C=O) groups excluding carboxylic acids is 2. The summed E-state index contributed by atoms with van der Waals surface area (Å²) in [7, 11) is 1.25. The molecule has 7 nitrogen and oxygen atoms in total. The van der Waals surface area contributed by atoms with E-state index in [-0.39, 0.29) is 13.1 Å². The summed E-state index contributed by atoms with van der Waals surface area (Å²) in [4.78, 5) is 28.8. The number of methoxy groups -OCH3 is 1. The lowest BCUT2D eigenvalue weighted by Crippen LogP contribution is -2.34. The van der Waals surface area contributed by atoms with E-state index in [1.807, 2.05) is 12.3 Å². The Kier molecular flexibility index (Phi) is 5.36. The zero-order valence-electron chi connectivity index (χ0n) is 14.3. The third-order valence-electron chi connectivity index (χ3n) is 3.94. The number of hydrogen-bond donors (Lipinski definition) is 1. The van der Waals surface area contributed by atoms with E-state index in [1.54, 1.807) is 12.1 Å². The first-order valence-corrected chi connectivity index (χ1v) is 8.94. The van der Waals surface area contributed by atoms with Crippen LogP contribution in [0, 0.1) is 5.82 Å². The van der Waals surface area contributed by atoms with E-state index >= 15 is 0 Å². The number of carbonyl (C=O) groups is 2. The molecule has 0 unspecified atom stereocenters. The molecule has 0 bridgehead atoms. The molecule has 2 heterocycles. The standard InChI is InChI=1S/C17H18FN3O4S/c1-3-10-9-26-15(20-10)13-5-4-11(6-14(13)18)21-8-12(25-17(21)23)7-19-16(22)24-2/h4-6,9,12H,3,7-8H2,1-2H3,(H,19,22)/t12-/m0/s1. The van der Waals surface area contributed by atoms with Gasteiger partial charge in [0.1, 0.15) is 16.9 Å². The molecule has 0 aliphatic carbocycles. The number of nitrogens with one attached hydrogen (secondary N) is 1. The van der Waals surface area contributed by atoms with Gasteiger partial charge in [0, 0.05) is 10.9 Å². The number of aromatic nitrogens is 1. The van der Waals surface area contributed by atoms with Crippen molar-refractivity contribution in [3.8, 4) is 10.6 Å². The fourth-order valence-corrected chi connectivity index (χ4v) is 3.48. The van der Waals surface area contributed by atoms with E-state index in [2.05, 4.69) is 15.0 Å². The van der Waals surface area contributed by atoms with Gasteiger partial charge in [0.2, 0.25) is 0 Å². The summed E-state index contributed by atoms with van der Waals surface area (Å²) in [6, 6.07) is 4.55. The number of alkyl carbamates (subject to hydrolysis) is 1. The Hall–Kier alpha value is -2.68. The lowest BCUT2D eigenvalue weighted by molar-refractivity contribution is 0.132.